The minimum absolute atomic E-state index is 0.00107. The van der Waals surface area contributed by atoms with E-state index in [1.165, 1.54) is 122 Å². The molecule has 0 spiro atoms. The molecule has 0 N–H and O–H groups in total. The van der Waals surface area contributed by atoms with Crippen molar-refractivity contribution in [1.29, 1.82) is 0 Å². The Morgan fingerprint density at radius 3 is 1.26 bits per heavy atom. The number of hydrogen-bond donors (Lipinski definition) is 0. The van der Waals surface area contributed by atoms with E-state index in [0.29, 0.717) is 12.8 Å². The van der Waals surface area contributed by atoms with Gasteiger partial charge in [-0.05, 0) is 49.7 Å². The molecule has 2 aromatic carbocycles. The van der Waals surface area contributed by atoms with Crippen LogP contribution in [0.4, 0.5) is 0 Å². The molecule has 0 heterocycles. The minimum Gasteiger partial charge on any atom is -0.462 e. The monoisotopic (exact) mass is 883 g/mol. The first-order chi connectivity index (χ1) is 30.4. The van der Waals surface area contributed by atoms with Gasteiger partial charge in [0.15, 0.2) is 6.10 Å². The zero-order valence-electron chi connectivity index (χ0n) is 39.3. The predicted molar refractivity (Wildman–Crippen MR) is 256 cm³/mol. The van der Waals surface area contributed by atoms with Gasteiger partial charge in [0.05, 0.1) is 19.8 Å². The largest absolute Gasteiger partial charge is 0.475 e. The van der Waals surface area contributed by atoms with Crippen molar-refractivity contribution in [3.05, 3.63) is 83.9 Å². The molecule has 0 aromatic heterocycles. The molecule has 62 heavy (non-hydrogen) atoms. The van der Waals surface area contributed by atoms with Gasteiger partial charge in [0, 0.05) is 12.8 Å². The second kappa shape index (κ2) is 39.8. The highest BCUT2D eigenvalue weighted by molar-refractivity contribution is 7.48. The maximum atomic E-state index is 14.0. The van der Waals surface area contributed by atoms with Crippen LogP contribution in [0.1, 0.15) is 218 Å². The molecule has 2 aromatic rings. The summed E-state index contributed by atoms with van der Waals surface area (Å²) in [4.78, 5) is 25.9. The third-order valence-corrected chi connectivity index (χ3v) is 12.6. The first-order valence-corrected chi connectivity index (χ1v) is 26.5. The minimum atomic E-state index is -4.13. The first-order valence-electron chi connectivity index (χ1n) is 25.1. The van der Waals surface area contributed by atoms with Crippen LogP contribution in [0.3, 0.4) is 0 Å². The number of rotatable bonds is 43. The average Bonchev–Trinajstić information content (AvgIpc) is 3.29. The fraction of sp³-hybridized carbons (Fsp3) is 0.698. The molecule has 0 radical (unpaired) electrons. The average molecular weight is 883 g/mol. The summed E-state index contributed by atoms with van der Waals surface area (Å²) in [6.07, 6.45) is 38.3. The van der Waals surface area contributed by atoms with Crippen LogP contribution in [0.2, 0.25) is 0 Å². The summed E-state index contributed by atoms with van der Waals surface area (Å²) in [6.45, 7) is 4.01. The van der Waals surface area contributed by atoms with Crippen LogP contribution < -0.4 is 0 Å². The topological polar surface area (TPSA) is 97.4 Å². The Bertz CT molecular complexity index is 1350. The van der Waals surface area contributed by atoms with Crippen LogP contribution in [0.15, 0.2) is 72.8 Å². The second-order valence-corrected chi connectivity index (χ2v) is 18.8. The smallest absolute Gasteiger partial charge is 0.462 e. The van der Waals surface area contributed by atoms with Crippen molar-refractivity contribution in [2.45, 2.75) is 226 Å². The van der Waals surface area contributed by atoms with Crippen LogP contribution in [0, 0.1) is 0 Å². The van der Waals surface area contributed by atoms with Crippen molar-refractivity contribution in [3.63, 3.8) is 0 Å². The second-order valence-electron chi connectivity index (χ2n) is 17.1. The van der Waals surface area contributed by atoms with Crippen LogP contribution in [-0.2, 0) is 50.4 Å². The Hall–Kier alpha value is -2.77. The van der Waals surface area contributed by atoms with Crippen molar-refractivity contribution in [3.8, 4) is 0 Å². The Balaban J connectivity index is 1.78. The van der Waals surface area contributed by atoms with Gasteiger partial charge in [0.1, 0.15) is 6.61 Å². The number of unbranched alkanes of at least 4 members (excludes halogenated alkanes) is 25. The normalized spacial score (nSPS) is 12.2. The van der Waals surface area contributed by atoms with E-state index in [1.807, 2.05) is 60.7 Å². The van der Waals surface area contributed by atoms with Gasteiger partial charge >= 0.3 is 19.8 Å². The van der Waals surface area contributed by atoms with E-state index in [2.05, 4.69) is 26.0 Å². The quantitative estimate of drug-likeness (QED) is 0.0281. The predicted octanol–water partition coefficient (Wildman–Crippen LogP) is 16.3. The van der Waals surface area contributed by atoms with Crippen LogP contribution in [0.25, 0.3) is 0 Å². The van der Waals surface area contributed by atoms with Crippen molar-refractivity contribution in [2.24, 2.45) is 0 Å². The highest BCUT2D eigenvalue weighted by Crippen LogP contribution is 2.51. The molecule has 0 fully saturated rings. The Morgan fingerprint density at radius 2 is 0.839 bits per heavy atom. The zero-order valence-corrected chi connectivity index (χ0v) is 40.2. The van der Waals surface area contributed by atoms with Crippen molar-refractivity contribution >= 4 is 19.8 Å². The molecule has 2 rings (SSSR count). The maximum absolute atomic E-state index is 14.0. The molecule has 352 valence electrons. The molecule has 0 bridgehead atoms. The van der Waals surface area contributed by atoms with Gasteiger partial charge in [0.25, 0.3) is 0 Å². The maximum Gasteiger partial charge on any atom is 0.475 e. The summed E-state index contributed by atoms with van der Waals surface area (Å²) >= 11 is 0. The molecule has 1 atom stereocenters. The number of benzene rings is 2. The van der Waals surface area contributed by atoms with E-state index in [0.717, 1.165) is 62.5 Å². The SMILES string of the molecule is CCCCCCCC/C=C\CCCCCCCC(=O)O[C@H](COC(=O)CCCCCCCCCCCCCCCCC)COP(=O)(OCc1ccccc1)OCc1ccccc1. The van der Waals surface area contributed by atoms with Crippen molar-refractivity contribution in [2.75, 3.05) is 13.2 Å². The van der Waals surface area contributed by atoms with E-state index in [1.54, 1.807) is 0 Å². The number of esters is 2. The van der Waals surface area contributed by atoms with Crippen molar-refractivity contribution < 1.29 is 37.2 Å². The van der Waals surface area contributed by atoms with E-state index in [9.17, 15) is 14.2 Å². The van der Waals surface area contributed by atoms with Crippen molar-refractivity contribution in [1.82, 2.24) is 0 Å². The zero-order chi connectivity index (χ0) is 44.4. The molecule has 0 aliphatic heterocycles. The molecule has 0 saturated carbocycles. The van der Waals surface area contributed by atoms with Gasteiger partial charge < -0.3 is 9.47 Å². The third-order valence-electron chi connectivity index (χ3n) is 11.2. The lowest BCUT2D eigenvalue weighted by Gasteiger charge is -2.22. The van der Waals surface area contributed by atoms with Gasteiger partial charge in [-0.1, -0.05) is 228 Å². The van der Waals surface area contributed by atoms with E-state index in [4.69, 9.17) is 23.0 Å². The number of carbonyl (C=O) groups excluding carboxylic acids is 2. The van der Waals surface area contributed by atoms with E-state index in [-0.39, 0.29) is 38.8 Å². The highest BCUT2D eigenvalue weighted by Gasteiger charge is 2.30. The molecule has 8 nitrogen and oxygen atoms in total. The first kappa shape index (κ1) is 55.4. The summed E-state index contributed by atoms with van der Waals surface area (Å²) in [6, 6.07) is 18.7. The fourth-order valence-electron chi connectivity index (χ4n) is 7.34. The number of allylic oxidation sites excluding steroid dienone is 2. The molecule has 0 unspecified atom stereocenters. The molecule has 0 saturated heterocycles. The number of hydrogen-bond acceptors (Lipinski definition) is 8. The lowest BCUT2D eigenvalue weighted by molar-refractivity contribution is -0.161. The number of ether oxygens (including phenoxy) is 2. The summed E-state index contributed by atoms with van der Waals surface area (Å²) in [5, 5.41) is 0. The van der Waals surface area contributed by atoms with Gasteiger partial charge in [-0.3, -0.25) is 23.2 Å². The molecule has 9 heteroatoms. The molecule has 0 aliphatic carbocycles. The number of phosphoric ester groups is 1. The van der Waals surface area contributed by atoms with Crippen LogP contribution >= 0.6 is 7.82 Å². The highest BCUT2D eigenvalue weighted by atomic mass is 31.2. The summed E-state index contributed by atoms with van der Waals surface area (Å²) in [5.41, 5.74) is 1.60. The summed E-state index contributed by atoms with van der Waals surface area (Å²) < 4.78 is 42.7. The number of carbonyl (C=O) groups is 2. The lowest BCUT2D eigenvalue weighted by atomic mass is 10.0. The van der Waals surface area contributed by atoms with Crippen LogP contribution in [-0.4, -0.2) is 31.3 Å². The Kier molecular flexibility index (Phi) is 35.5. The molecule has 0 aliphatic rings. The lowest BCUT2D eigenvalue weighted by Crippen LogP contribution is -2.29. The molecular formula is C53H87O8P. The fourth-order valence-corrected chi connectivity index (χ4v) is 8.53. The standard InChI is InChI=1S/C53H87O8P/c1-3-5-7-9-11-13-15-17-19-21-23-25-27-29-37-43-52(54)57-47-51(61-53(55)44-38-30-28-26-24-22-20-18-16-14-12-10-8-6-4-2)48-60-62(56,58-45-49-39-33-31-34-40-49)59-46-50-41-35-32-36-42-50/h18,20,31-36,39-42,51H,3-17,19,21-30,37-38,43-48H2,1-2H3/b20-18-/t51-/m1/s1. The van der Waals surface area contributed by atoms with Gasteiger partial charge in [-0.2, -0.15) is 0 Å². The summed E-state index contributed by atoms with van der Waals surface area (Å²) in [7, 11) is -4.13. The summed E-state index contributed by atoms with van der Waals surface area (Å²) in [5.74, 6) is -0.748. The Labute approximate surface area is 378 Å². The van der Waals surface area contributed by atoms with Gasteiger partial charge in [0.2, 0.25) is 0 Å². The van der Waals surface area contributed by atoms with Gasteiger partial charge in [-0.15, -0.1) is 0 Å². The molecular weight excluding hydrogens is 796 g/mol. The Morgan fingerprint density at radius 1 is 0.468 bits per heavy atom. The number of phosphoric acid groups is 1. The van der Waals surface area contributed by atoms with E-state index < -0.39 is 19.9 Å². The third kappa shape index (κ3) is 32.8. The molecule has 0 amide bonds. The van der Waals surface area contributed by atoms with Crippen LogP contribution in [0.5, 0.6) is 0 Å². The van der Waals surface area contributed by atoms with Gasteiger partial charge in [-0.25, -0.2) is 4.57 Å². The van der Waals surface area contributed by atoms with E-state index >= 15 is 0 Å².